The molecule has 0 radical (unpaired) electrons. The molecule has 1 fully saturated rings. The van der Waals surface area contributed by atoms with Gasteiger partial charge in [-0.25, -0.2) is 4.79 Å². The summed E-state index contributed by atoms with van der Waals surface area (Å²) < 4.78 is 4.71. The fourth-order valence-corrected chi connectivity index (χ4v) is 2.87. The first-order chi connectivity index (χ1) is 10.6. The molecule has 0 aromatic heterocycles. The summed E-state index contributed by atoms with van der Waals surface area (Å²) in [5, 5.41) is 3.64. The maximum absolute atomic E-state index is 12.2. The number of carbonyl (C=O) groups excluding carboxylic acids is 2. The van der Waals surface area contributed by atoms with Crippen LogP contribution in [-0.2, 0) is 16.0 Å². The van der Waals surface area contributed by atoms with Crippen LogP contribution in [0, 0.1) is 5.92 Å². The first-order valence-electron chi connectivity index (χ1n) is 7.45. The van der Waals surface area contributed by atoms with E-state index in [4.69, 9.17) is 16.3 Å². The van der Waals surface area contributed by atoms with Crippen LogP contribution in [0.3, 0.4) is 0 Å². The van der Waals surface area contributed by atoms with E-state index in [1.165, 1.54) is 7.11 Å². The summed E-state index contributed by atoms with van der Waals surface area (Å²) in [7, 11) is 1.36. The minimum atomic E-state index is -0.364. The second-order valence-corrected chi connectivity index (χ2v) is 5.86. The second-order valence-electron chi connectivity index (χ2n) is 5.43. The van der Waals surface area contributed by atoms with Crippen LogP contribution in [0.1, 0.15) is 18.4 Å². The zero-order valence-corrected chi connectivity index (χ0v) is 13.4. The minimum absolute atomic E-state index is 0.00405. The molecule has 1 saturated heterocycles. The van der Waals surface area contributed by atoms with E-state index < -0.39 is 0 Å². The fraction of sp³-hybridized carbons (Fsp3) is 0.500. The van der Waals surface area contributed by atoms with Gasteiger partial charge in [-0.3, -0.25) is 4.79 Å². The van der Waals surface area contributed by atoms with Gasteiger partial charge in [-0.2, -0.15) is 0 Å². The van der Waals surface area contributed by atoms with Crippen LogP contribution in [0.25, 0.3) is 0 Å². The monoisotopic (exact) mass is 324 g/mol. The molecule has 1 aliphatic rings. The Kier molecular flexibility index (Phi) is 6.07. The van der Waals surface area contributed by atoms with Crippen molar-refractivity contribution in [3.05, 3.63) is 34.9 Å². The average Bonchev–Trinajstić information content (AvgIpc) is 2.54. The number of piperidine rings is 1. The van der Waals surface area contributed by atoms with Gasteiger partial charge in [0.15, 0.2) is 0 Å². The lowest BCUT2D eigenvalue weighted by Crippen LogP contribution is -2.45. The van der Waals surface area contributed by atoms with E-state index in [9.17, 15) is 9.59 Å². The first kappa shape index (κ1) is 16.6. The SMILES string of the molecule is COC(=O)N1CCCC(C(=O)NCCc2cccc(Cl)c2)C1. The maximum Gasteiger partial charge on any atom is 0.409 e. The van der Waals surface area contributed by atoms with E-state index in [0.29, 0.717) is 24.7 Å². The van der Waals surface area contributed by atoms with E-state index in [0.717, 1.165) is 24.8 Å². The van der Waals surface area contributed by atoms with Gasteiger partial charge in [-0.1, -0.05) is 23.7 Å². The maximum atomic E-state index is 12.2. The molecule has 0 aliphatic carbocycles. The Morgan fingerprint density at radius 3 is 3.00 bits per heavy atom. The summed E-state index contributed by atoms with van der Waals surface area (Å²) in [5.74, 6) is -0.164. The van der Waals surface area contributed by atoms with Gasteiger partial charge in [0, 0.05) is 24.7 Å². The topological polar surface area (TPSA) is 58.6 Å². The van der Waals surface area contributed by atoms with Crippen molar-refractivity contribution in [3.63, 3.8) is 0 Å². The highest BCUT2D eigenvalue weighted by molar-refractivity contribution is 6.30. The number of likely N-dealkylation sites (tertiary alicyclic amines) is 1. The van der Waals surface area contributed by atoms with Crippen LogP contribution >= 0.6 is 11.6 Å². The normalized spacial score (nSPS) is 17.9. The molecule has 1 heterocycles. The molecular weight excluding hydrogens is 304 g/mol. The Bertz CT molecular complexity index is 536. The van der Waals surface area contributed by atoms with Gasteiger partial charge in [-0.05, 0) is 37.0 Å². The molecule has 5 nitrogen and oxygen atoms in total. The highest BCUT2D eigenvalue weighted by atomic mass is 35.5. The molecular formula is C16H21ClN2O3. The zero-order chi connectivity index (χ0) is 15.9. The zero-order valence-electron chi connectivity index (χ0n) is 12.7. The molecule has 120 valence electrons. The number of carbonyl (C=O) groups is 2. The molecule has 1 aliphatic heterocycles. The van der Waals surface area contributed by atoms with Gasteiger partial charge in [-0.15, -0.1) is 0 Å². The molecule has 0 spiro atoms. The summed E-state index contributed by atoms with van der Waals surface area (Å²) in [4.78, 5) is 25.3. The highest BCUT2D eigenvalue weighted by Crippen LogP contribution is 2.17. The smallest absolute Gasteiger partial charge is 0.409 e. The van der Waals surface area contributed by atoms with E-state index in [1.54, 1.807) is 4.90 Å². The Hall–Kier alpha value is -1.75. The van der Waals surface area contributed by atoms with Gasteiger partial charge in [0.2, 0.25) is 5.91 Å². The molecule has 22 heavy (non-hydrogen) atoms. The van der Waals surface area contributed by atoms with Crippen LogP contribution in [0.5, 0.6) is 0 Å². The van der Waals surface area contributed by atoms with E-state index in [1.807, 2.05) is 24.3 Å². The van der Waals surface area contributed by atoms with E-state index in [2.05, 4.69) is 5.32 Å². The number of rotatable bonds is 4. The summed E-state index contributed by atoms with van der Waals surface area (Å²) in [6, 6.07) is 7.60. The predicted octanol–water partition coefficient (Wildman–Crippen LogP) is 2.48. The van der Waals surface area contributed by atoms with Crippen molar-refractivity contribution < 1.29 is 14.3 Å². The number of amides is 2. The highest BCUT2D eigenvalue weighted by Gasteiger charge is 2.28. The fourth-order valence-electron chi connectivity index (χ4n) is 2.65. The lowest BCUT2D eigenvalue weighted by Gasteiger charge is -2.30. The van der Waals surface area contributed by atoms with Gasteiger partial charge in [0.1, 0.15) is 0 Å². The Morgan fingerprint density at radius 2 is 2.27 bits per heavy atom. The molecule has 1 unspecified atom stereocenters. The number of ether oxygens (including phenoxy) is 1. The molecule has 1 atom stereocenters. The molecule has 1 aromatic rings. The van der Waals surface area contributed by atoms with Crippen molar-refractivity contribution >= 4 is 23.6 Å². The van der Waals surface area contributed by atoms with Crippen LogP contribution in [0.4, 0.5) is 4.79 Å². The number of nitrogens with one attached hydrogen (secondary N) is 1. The largest absolute Gasteiger partial charge is 0.453 e. The third-order valence-corrected chi connectivity index (χ3v) is 4.06. The molecule has 1 aromatic carbocycles. The van der Waals surface area contributed by atoms with Crippen molar-refractivity contribution in [2.75, 3.05) is 26.7 Å². The summed E-state index contributed by atoms with van der Waals surface area (Å²) in [5.41, 5.74) is 1.09. The summed E-state index contributed by atoms with van der Waals surface area (Å²) in [6.45, 7) is 1.64. The number of hydrogen-bond acceptors (Lipinski definition) is 3. The third-order valence-electron chi connectivity index (χ3n) is 3.83. The van der Waals surface area contributed by atoms with Gasteiger partial charge < -0.3 is 15.0 Å². The van der Waals surface area contributed by atoms with E-state index in [-0.39, 0.29) is 17.9 Å². The lowest BCUT2D eigenvalue weighted by atomic mass is 9.97. The Labute approximate surface area is 135 Å². The Balaban J connectivity index is 1.78. The third kappa shape index (κ3) is 4.63. The molecule has 2 rings (SSSR count). The lowest BCUT2D eigenvalue weighted by molar-refractivity contribution is -0.126. The molecule has 2 amide bonds. The van der Waals surface area contributed by atoms with Crippen molar-refractivity contribution in [2.45, 2.75) is 19.3 Å². The minimum Gasteiger partial charge on any atom is -0.453 e. The number of hydrogen-bond donors (Lipinski definition) is 1. The summed E-state index contributed by atoms with van der Waals surface area (Å²) in [6.07, 6.45) is 1.99. The van der Waals surface area contributed by atoms with Crippen molar-refractivity contribution in [1.82, 2.24) is 10.2 Å². The average molecular weight is 325 g/mol. The quantitative estimate of drug-likeness (QED) is 0.925. The second kappa shape index (κ2) is 8.03. The summed E-state index contributed by atoms with van der Waals surface area (Å²) >= 11 is 5.93. The Morgan fingerprint density at radius 1 is 1.45 bits per heavy atom. The van der Waals surface area contributed by atoms with Crippen LogP contribution in [0.2, 0.25) is 5.02 Å². The predicted molar refractivity (Wildman–Crippen MR) is 84.9 cm³/mol. The number of methoxy groups -OCH3 is 1. The molecule has 6 heteroatoms. The van der Waals surface area contributed by atoms with Gasteiger partial charge >= 0.3 is 6.09 Å². The molecule has 0 saturated carbocycles. The van der Waals surface area contributed by atoms with Gasteiger partial charge in [0.05, 0.1) is 13.0 Å². The first-order valence-corrected chi connectivity index (χ1v) is 7.83. The van der Waals surface area contributed by atoms with E-state index >= 15 is 0 Å². The molecule has 1 N–H and O–H groups in total. The molecule has 0 bridgehead atoms. The standard InChI is InChI=1S/C16H21ClN2O3/c1-22-16(21)19-9-3-5-13(11-19)15(20)18-8-7-12-4-2-6-14(17)10-12/h2,4,6,10,13H,3,5,7-9,11H2,1H3,(H,18,20). The van der Waals surface area contributed by atoms with Crippen molar-refractivity contribution in [1.29, 1.82) is 0 Å². The number of benzene rings is 1. The van der Waals surface area contributed by atoms with Gasteiger partial charge in [0.25, 0.3) is 0 Å². The van der Waals surface area contributed by atoms with Crippen LogP contribution in [-0.4, -0.2) is 43.6 Å². The van der Waals surface area contributed by atoms with Crippen molar-refractivity contribution in [3.8, 4) is 0 Å². The van der Waals surface area contributed by atoms with Crippen LogP contribution < -0.4 is 5.32 Å². The van der Waals surface area contributed by atoms with Crippen LogP contribution in [0.15, 0.2) is 24.3 Å². The number of halogens is 1. The number of nitrogens with zero attached hydrogens (tertiary/aromatic N) is 1. The van der Waals surface area contributed by atoms with Crippen molar-refractivity contribution in [2.24, 2.45) is 5.92 Å².